The van der Waals surface area contributed by atoms with E-state index in [0.29, 0.717) is 0 Å². The highest BCUT2D eigenvalue weighted by atomic mass is 19.4. The Morgan fingerprint density at radius 2 is 0.818 bits per heavy atom. The highest BCUT2D eigenvalue weighted by molar-refractivity contribution is 5.27. The van der Waals surface area contributed by atoms with E-state index < -0.39 is 53.3 Å². The van der Waals surface area contributed by atoms with Gasteiger partial charge in [0, 0.05) is 0 Å². The van der Waals surface area contributed by atoms with Crippen molar-refractivity contribution in [3.05, 3.63) is 29.1 Å². The molecule has 1 rings (SSSR count). The molecule has 0 aliphatic carbocycles. The first kappa shape index (κ1) is 20.2. The molecule has 22 heavy (non-hydrogen) atoms. The van der Waals surface area contributed by atoms with E-state index >= 15 is 0 Å². The molecule has 0 fully saturated rings. The van der Waals surface area contributed by atoms with Crippen LogP contribution in [0.4, 0.5) is 48.3 Å². The fraction of sp³-hybridized carbons (Fsp3) is 0.333. The van der Waals surface area contributed by atoms with Crippen molar-refractivity contribution in [1.82, 2.24) is 0 Å². The van der Waals surface area contributed by atoms with E-state index in [4.69, 9.17) is 10.2 Å². The van der Waals surface area contributed by atoms with Crippen molar-refractivity contribution in [2.24, 2.45) is 0 Å². The van der Waals surface area contributed by atoms with Crippen molar-refractivity contribution in [3.63, 3.8) is 0 Å². The molecule has 0 spiro atoms. The second-order valence-corrected chi connectivity index (χ2v) is 3.40. The second-order valence-electron chi connectivity index (χ2n) is 3.40. The van der Waals surface area contributed by atoms with Gasteiger partial charge < -0.3 is 10.2 Å². The summed E-state index contributed by atoms with van der Waals surface area (Å²) >= 11 is 0. The molecule has 0 heterocycles. The number of hydrogen-bond donors (Lipinski definition) is 2. The minimum atomic E-state index is -5.63. The van der Waals surface area contributed by atoms with E-state index in [-0.39, 0.29) is 0 Å². The molecule has 1 aromatic rings. The number of halogens is 11. The Bertz CT molecular complexity index is 415. The van der Waals surface area contributed by atoms with Gasteiger partial charge in [0.25, 0.3) is 0 Å². The lowest BCUT2D eigenvalue weighted by Gasteiger charge is -2.16. The summed E-state index contributed by atoms with van der Waals surface area (Å²) in [6.07, 6.45) is -15.5. The molecule has 0 saturated carbocycles. The normalized spacial score (nSPS) is 12.2. The van der Waals surface area contributed by atoms with Gasteiger partial charge in [0.15, 0.2) is 5.75 Å². The minimum absolute atomic E-state index is 1.87. The Morgan fingerprint density at radius 1 is 0.591 bits per heavy atom. The first-order valence-electron chi connectivity index (χ1n) is 4.64. The number of phenolic OH excluding ortho intramolecular Hbond substituents is 1. The molecule has 0 aliphatic heterocycles. The average molecular weight is 352 g/mol. The van der Waals surface area contributed by atoms with Crippen molar-refractivity contribution in [2.75, 3.05) is 0 Å². The number of aliphatic hydroxyl groups excluding tert-OH is 1. The third kappa shape index (κ3) is 4.61. The van der Waals surface area contributed by atoms with E-state index in [1.54, 1.807) is 0 Å². The fourth-order valence-corrected chi connectivity index (χ4v) is 0.779. The molecule has 0 amide bonds. The molecule has 2 N–H and O–H groups in total. The smallest absolute Gasteiger partial charge is 0.423 e. The van der Waals surface area contributed by atoms with Crippen LogP contribution in [0.25, 0.3) is 0 Å². The molecule has 0 unspecified atom stereocenters. The molecule has 128 valence electrons. The molecule has 0 aliphatic rings. The lowest BCUT2D eigenvalue weighted by Crippen LogP contribution is -2.41. The van der Waals surface area contributed by atoms with Crippen LogP contribution in [0, 0.1) is 29.1 Å². The van der Waals surface area contributed by atoms with Gasteiger partial charge in [-0.3, -0.25) is 0 Å². The third-order valence-corrected chi connectivity index (χ3v) is 1.81. The number of phenols is 1. The van der Waals surface area contributed by atoms with Gasteiger partial charge in [-0.25, -0.2) is 13.2 Å². The molecular formula is C9H3F11O2. The molecule has 0 atom stereocenters. The van der Waals surface area contributed by atoms with E-state index in [0.717, 1.165) is 0 Å². The zero-order valence-corrected chi connectivity index (χ0v) is 9.63. The summed E-state index contributed by atoms with van der Waals surface area (Å²) in [5.41, 5.74) is 0. The van der Waals surface area contributed by atoms with Crippen LogP contribution < -0.4 is 0 Å². The average Bonchev–Trinajstić information content (AvgIpc) is 2.38. The Morgan fingerprint density at radius 3 is 1.00 bits per heavy atom. The predicted octanol–water partition coefficient (Wildman–Crippen LogP) is 3.56. The number of hydrogen-bond acceptors (Lipinski definition) is 2. The van der Waals surface area contributed by atoms with E-state index in [2.05, 4.69) is 0 Å². The Hall–Kier alpha value is -1.79. The largest absolute Gasteiger partial charge is 0.503 e. The van der Waals surface area contributed by atoms with E-state index in [1.165, 1.54) is 0 Å². The second kappa shape index (κ2) is 6.54. The zero-order valence-electron chi connectivity index (χ0n) is 9.63. The highest BCUT2D eigenvalue weighted by Gasteiger charge is 2.55. The zero-order chi connectivity index (χ0) is 18.0. The van der Waals surface area contributed by atoms with E-state index in [9.17, 15) is 48.3 Å². The lowest BCUT2D eigenvalue weighted by atomic mass is 10.3. The maximum absolute atomic E-state index is 12.2. The van der Waals surface area contributed by atoms with Crippen molar-refractivity contribution >= 4 is 0 Å². The maximum atomic E-state index is 12.2. The molecular weight excluding hydrogens is 349 g/mol. The Labute approximate surface area is 113 Å². The predicted molar refractivity (Wildman–Crippen MR) is 46.0 cm³/mol. The van der Waals surface area contributed by atoms with Crippen molar-refractivity contribution in [3.8, 4) is 5.75 Å². The van der Waals surface area contributed by atoms with Crippen LogP contribution in [0.2, 0.25) is 0 Å². The molecule has 0 saturated heterocycles. The van der Waals surface area contributed by atoms with Gasteiger partial charge in [0.1, 0.15) is 0 Å². The minimum Gasteiger partial charge on any atom is -0.503 e. The molecule has 0 bridgehead atoms. The van der Waals surface area contributed by atoms with E-state index in [1.807, 2.05) is 0 Å². The van der Waals surface area contributed by atoms with Crippen LogP contribution in [0.1, 0.15) is 0 Å². The van der Waals surface area contributed by atoms with Crippen molar-refractivity contribution < 1.29 is 58.5 Å². The highest BCUT2D eigenvalue weighted by Crippen LogP contribution is 2.32. The number of benzene rings is 1. The van der Waals surface area contributed by atoms with Gasteiger partial charge in [-0.2, -0.15) is 35.1 Å². The molecule has 1 aromatic carbocycles. The number of rotatable bonds is 0. The topological polar surface area (TPSA) is 40.5 Å². The van der Waals surface area contributed by atoms with Crippen molar-refractivity contribution in [1.29, 1.82) is 0 Å². The number of aliphatic hydroxyl groups is 1. The van der Waals surface area contributed by atoms with Crippen LogP contribution in [0.3, 0.4) is 0 Å². The fourth-order valence-electron chi connectivity index (χ4n) is 0.779. The van der Waals surface area contributed by atoms with Crippen LogP contribution in [0.15, 0.2) is 0 Å². The molecule has 0 radical (unpaired) electrons. The maximum Gasteiger partial charge on any atom is 0.423 e. The standard InChI is InChI=1S/C6HF5O.C3H2F6O/c7-1-2(8)4(10)6(12)5(11)3(1)9;4-2(5,6)1(10)3(7,8)9/h12H;1,10H. The van der Waals surface area contributed by atoms with Crippen molar-refractivity contribution in [2.45, 2.75) is 18.5 Å². The summed E-state index contributed by atoms with van der Waals surface area (Å²) < 4.78 is 126. The van der Waals surface area contributed by atoms with Gasteiger partial charge in [-0.1, -0.05) is 0 Å². The van der Waals surface area contributed by atoms with Gasteiger partial charge in [0.2, 0.25) is 35.2 Å². The molecule has 0 aromatic heterocycles. The monoisotopic (exact) mass is 352 g/mol. The first-order valence-corrected chi connectivity index (χ1v) is 4.64. The first-order chi connectivity index (χ1) is 9.62. The SMILES string of the molecule is OC(C(F)(F)F)C(F)(F)F.Oc1c(F)c(F)c(F)c(F)c1F. The van der Waals surface area contributed by atoms with Crippen LogP contribution >= 0.6 is 0 Å². The summed E-state index contributed by atoms with van der Waals surface area (Å²) in [4.78, 5) is 0. The quantitative estimate of drug-likeness (QED) is 0.426. The third-order valence-electron chi connectivity index (χ3n) is 1.81. The van der Waals surface area contributed by atoms with Gasteiger partial charge in [0.05, 0.1) is 0 Å². The van der Waals surface area contributed by atoms with Crippen LogP contribution in [0.5, 0.6) is 5.75 Å². The summed E-state index contributed by atoms with van der Waals surface area (Å²) in [6.45, 7) is 0. The van der Waals surface area contributed by atoms with Gasteiger partial charge in [-0.15, -0.1) is 0 Å². The summed E-state index contributed by atoms with van der Waals surface area (Å²) in [7, 11) is 0. The molecule has 13 heteroatoms. The Kier molecular flexibility index (Phi) is 6.01. The Balaban J connectivity index is 0.000000409. The molecule has 2 nitrogen and oxygen atoms in total. The van der Waals surface area contributed by atoms with Gasteiger partial charge in [-0.05, 0) is 0 Å². The van der Waals surface area contributed by atoms with Gasteiger partial charge >= 0.3 is 12.4 Å². The summed E-state index contributed by atoms with van der Waals surface area (Å²) in [5.74, 6) is -12.9. The number of alkyl halides is 6. The number of aromatic hydroxyl groups is 1. The lowest BCUT2D eigenvalue weighted by molar-refractivity contribution is -0.308. The van der Waals surface area contributed by atoms with Crippen LogP contribution in [-0.2, 0) is 0 Å². The summed E-state index contributed by atoms with van der Waals surface area (Å²) in [5, 5.41) is 15.8. The summed E-state index contributed by atoms with van der Waals surface area (Å²) in [6, 6.07) is 0. The van der Waals surface area contributed by atoms with Crippen LogP contribution in [-0.4, -0.2) is 28.7 Å².